The van der Waals surface area contributed by atoms with Crippen LogP contribution in [0.4, 0.5) is 4.39 Å². The van der Waals surface area contributed by atoms with Crippen molar-refractivity contribution < 1.29 is 4.39 Å². The van der Waals surface area contributed by atoms with E-state index in [4.69, 9.17) is 5.73 Å². The maximum atomic E-state index is 13.4. The van der Waals surface area contributed by atoms with E-state index in [0.29, 0.717) is 0 Å². The highest BCUT2D eigenvalue weighted by molar-refractivity contribution is 5.41. The van der Waals surface area contributed by atoms with Crippen LogP contribution in [0.5, 0.6) is 0 Å². The standard InChI is InChI=1S/C12H16FN/c1-2-12(14)10-6-7-11(13)9-5-3-4-8(9)10/h6-7,12H,2-5,14H2,1H3. The van der Waals surface area contributed by atoms with Crippen molar-refractivity contribution in [1.82, 2.24) is 0 Å². The van der Waals surface area contributed by atoms with Crippen molar-refractivity contribution in [1.29, 1.82) is 0 Å². The van der Waals surface area contributed by atoms with Crippen molar-refractivity contribution in [2.75, 3.05) is 0 Å². The lowest BCUT2D eigenvalue weighted by atomic mass is 9.96. The first-order chi connectivity index (χ1) is 6.74. The Morgan fingerprint density at radius 1 is 1.36 bits per heavy atom. The number of nitrogens with two attached hydrogens (primary N) is 1. The maximum Gasteiger partial charge on any atom is 0.126 e. The van der Waals surface area contributed by atoms with Crippen molar-refractivity contribution in [3.8, 4) is 0 Å². The van der Waals surface area contributed by atoms with E-state index in [2.05, 4.69) is 6.92 Å². The fraction of sp³-hybridized carbons (Fsp3) is 0.500. The lowest BCUT2D eigenvalue weighted by Gasteiger charge is -2.14. The minimum Gasteiger partial charge on any atom is -0.324 e. The number of benzene rings is 1. The summed E-state index contributed by atoms with van der Waals surface area (Å²) in [5, 5.41) is 0. The lowest BCUT2D eigenvalue weighted by molar-refractivity contribution is 0.608. The molecule has 2 heteroatoms. The number of hydrogen-bond donors (Lipinski definition) is 1. The summed E-state index contributed by atoms with van der Waals surface area (Å²) < 4.78 is 13.4. The van der Waals surface area contributed by atoms with Gasteiger partial charge < -0.3 is 5.73 Å². The molecule has 76 valence electrons. The van der Waals surface area contributed by atoms with Gasteiger partial charge in [-0.1, -0.05) is 13.0 Å². The third-order valence-electron chi connectivity index (χ3n) is 3.10. The molecule has 0 aromatic heterocycles. The lowest BCUT2D eigenvalue weighted by Crippen LogP contribution is -2.11. The smallest absolute Gasteiger partial charge is 0.126 e. The molecule has 1 aromatic carbocycles. The van der Waals surface area contributed by atoms with E-state index in [-0.39, 0.29) is 11.9 Å². The van der Waals surface area contributed by atoms with Gasteiger partial charge in [-0.15, -0.1) is 0 Å². The summed E-state index contributed by atoms with van der Waals surface area (Å²) in [6, 6.07) is 3.49. The molecule has 1 aliphatic carbocycles. The van der Waals surface area contributed by atoms with Crippen LogP contribution in [0.15, 0.2) is 12.1 Å². The van der Waals surface area contributed by atoms with Crippen molar-refractivity contribution >= 4 is 0 Å². The molecule has 1 aliphatic rings. The van der Waals surface area contributed by atoms with Gasteiger partial charge in [-0.25, -0.2) is 4.39 Å². The van der Waals surface area contributed by atoms with Crippen LogP contribution in [-0.2, 0) is 12.8 Å². The molecule has 0 amide bonds. The number of halogens is 1. The summed E-state index contributed by atoms with van der Waals surface area (Å²) in [5.74, 6) is -0.0513. The van der Waals surface area contributed by atoms with Gasteiger partial charge in [0, 0.05) is 6.04 Å². The minimum atomic E-state index is -0.0513. The first-order valence-corrected chi connectivity index (χ1v) is 5.29. The van der Waals surface area contributed by atoms with Crippen LogP contribution >= 0.6 is 0 Å². The molecule has 0 heterocycles. The van der Waals surface area contributed by atoms with Gasteiger partial charge in [0.05, 0.1) is 0 Å². The minimum absolute atomic E-state index is 0.0513. The highest BCUT2D eigenvalue weighted by Crippen LogP contribution is 2.31. The molecule has 0 aliphatic heterocycles. The van der Waals surface area contributed by atoms with E-state index < -0.39 is 0 Å². The zero-order valence-corrected chi connectivity index (χ0v) is 8.52. The van der Waals surface area contributed by atoms with Gasteiger partial charge >= 0.3 is 0 Å². The topological polar surface area (TPSA) is 26.0 Å². The fourth-order valence-corrected chi connectivity index (χ4v) is 2.26. The van der Waals surface area contributed by atoms with Crippen LogP contribution in [0.2, 0.25) is 0 Å². The molecule has 1 aromatic rings. The van der Waals surface area contributed by atoms with Gasteiger partial charge in [0.25, 0.3) is 0 Å². The van der Waals surface area contributed by atoms with Gasteiger partial charge in [0.1, 0.15) is 5.82 Å². The molecule has 0 bridgehead atoms. The Kier molecular flexibility index (Phi) is 2.55. The normalized spacial score (nSPS) is 16.8. The first kappa shape index (κ1) is 9.66. The van der Waals surface area contributed by atoms with Crippen molar-refractivity contribution in [3.05, 3.63) is 34.6 Å². The van der Waals surface area contributed by atoms with Crippen LogP contribution in [0.3, 0.4) is 0 Å². The summed E-state index contributed by atoms with van der Waals surface area (Å²) in [7, 11) is 0. The second-order valence-electron chi connectivity index (χ2n) is 3.96. The van der Waals surface area contributed by atoms with Crippen molar-refractivity contribution in [3.63, 3.8) is 0 Å². The molecule has 1 atom stereocenters. The Morgan fingerprint density at radius 3 is 2.79 bits per heavy atom. The first-order valence-electron chi connectivity index (χ1n) is 5.29. The van der Waals surface area contributed by atoms with E-state index in [1.54, 1.807) is 6.07 Å². The number of rotatable bonds is 2. The van der Waals surface area contributed by atoms with Gasteiger partial charge in [0.15, 0.2) is 0 Å². The van der Waals surface area contributed by atoms with Crippen LogP contribution in [-0.4, -0.2) is 0 Å². The molecule has 1 nitrogen and oxygen atoms in total. The molecule has 0 saturated heterocycles. The van der Waals surface area contributed by atoms with Gasteiger partial charge in [-0.2, -0.15) is 0 Å². The largest absolute Gasteiger partial charge is 0.324 e. The van der Waals surface area contributed by atoms with E-state index >= 15 is 0 Å². The van der Waals surface area contributed by atoms with Crippen LogP contribution in [0, 0.1) is 5.82 Å². The molecular weight excluding hydrogens is 177 g/mol. The summed E-state index contributed by atoms with van der Waals surface area (Å²) in [6.45, 7) is 2.06. The van der Waals surface area contributed by atoms with Crippen LogP contribution in [0.1, 0.15) is 42.5 Å². The molecule has 1 unspecified atom stereocenters. The Morgan fingerprint density at radius 2 is 2.07 bits per heavy atom. The summed E-state index contributed by atoms with van der Waals surface area (Å²) >= 11 is 0. The number of hydrogen-bond acceptors (Lipinski definition) is 1. The molecule has 0 fully saturated rings. The zero-order chi connectivity index (χ0) is 10.1. The van der Waals surface area contributed by atoms with Crippen LogP contribution < -0.4 is 5.73 Å². The molecule has 0 saturated carbocycles. The molecule has 0 spiro atoms. The third-order valence-corrected chi connectivity index (χ3v) is 3.10. The van der Waals surface area contributed by atoms with Crippen LogP contribution in [0.25, 0.3) is 0 Å². The van der Waals surface area contributed by atoms with Gasteiger partial charge in [0.2, 0.25) is 0 Å². The predicted octanol–water partition coefficient (Wildman–Crippen LogP) is 2.72. The average molecular weight is 193 g/mol. The van der Waals surface area contributed by atoms with E-state index in [9.17, 15) is 4.39 Å². The highest BCUT2D eigenvalue weighted by Gasteiger charge is 2.20. The third kappa shape index (κ3) is 1.44. The van der Waals surface area contributed by atoms with E-state index in [1.165, 1.54) is 5.56 Å². The quantitative estimate of drug-likeness (QED) is 0.767. The Bertz CT molecular complexity index is 346. The van der Waals surface area contributed by atoms with E-state index in [1.807, 2.05) is 6.07 Å². The summed E-state index contributed by atoms with van der Waals surface area (Å²) in [5.41, 5.74) is 9.24. The average Bonchev–Trinajstić information content (AvgIpc) is 2.67. The zero-order valence-electron chi connectivity index (χ0n) is 8.52. The summed E-state index contributed by atoms with van der Waals surface area (Å²) in [6.07, 6.45) is 3.86. The van der Waals surface area contributed by atoms with E-state index in [0.717, 1.165) is 36.8 Å². The second kappa shape index (κ2) is 3.70. The van der Waals surface area contributed by atoms with Crippen molar-refractivity contribution in [2.45, 2.75) is 38.6 Å². The molecule has 2 N–H and O–H groups in total. The maximum absolute atomic E-state index is 13.4. The van der Waals surface area contributed by atoms with Crippen molar-refractivity contribution in [2.24, 2.45) is 5.73 Å². The monoisotopic (exact) mass is 193 g/mol. The molecule has 2 rings (SSSR count). The van der Waals surface area contributed by atoms with Gasteiger partial charge in [-0.3, -0.25) is 0 Å². The Labute approximate surface area is 84.1 Å². The fourth-order valence-electron chi connectivity index (χ4n) is 2.26. The summed E-state index contributed by atoms with van der Waals surface area (Å²) in [4.78, 5) is 0. The molecule has 14 heavy (non-hydrogen) atoms. The highest BCUT2D eigenvalue weighted by atomic mass is 19.1. The predicted molar refractivity (Wildman–Crippen MR) is 55.6 cm³/mol. The Balaban J connectivity index is 2.48. The second-order valence-corrected chi connectivity index (χ2v) is 3.96. The number of fused-ring (bicyclic) bond motifs is 1. The Hall–Kier alpha value is -0.890. The molecular formula is C12H16FN. The molecule has 0 radical (unpaired) electrons. The van der Waals surface area contributed by atoms with Gasteiger partial charge in [-0.05, 0) is 48.4 Å². The SMILES string of the molecule is CCC(N)c1ccc(F)c2c1CCC2.